The maximum atomic E-state index is 12.6. The number of anilines is 1. The molecule has 3 N–H and O–H groups in total. The van der Waals surface area contributed by atoms with Gasteiger partial charge >= 0.3 is 0 Å². The summed E-state index contributed by atoms with van der Waals surface area (Å²) < 4.78 is 11.5. The molecule has 0 radical (unpaired) electrons. The van der Waals surface area contributed by atoms with Gasteiger partial charge < -0.3 is 19.3 Å². The summed E-state index contributed by atoms with van der Waals surface area (Å²) >= 11 is 11.3. The number of nitrogens with zero attached hydrogens (tertiary/aromatic N) is 1. The average molecular weight is 504 g/mol. The van der Waals surface area contributed by atoms with Crippen LogP contribution in [-0.4, -0.2) is 21.1 Å². The van der Waals surface area contributed by atoms with Gasteiger partial charge in [-0.3, -0.25) is 10.1 Å². The van der Waals surface area contributed by atoms with Crippen LogP contribution in [0.4, 0.5) is 5.69 Å². The Morgan fingerprint density at radius 2 is 1.86 bits per heavy atom. The van der Waals surface area contributed by atoms with Gasteiger partial charge in [0.25, 0.3) is 5.91 Å². The van der Waals surface area contributed by atoms with Crippen LogP contribution in [0.15, 0.2) is 81.6 Å². The summed E-state index contributed by atoms with van der Waals surface area (Å²) in [5, 5.41) is 16.8. The number of fused-ring (bicyclic) bond motifs is 1. The molecule has 0 atom stereocenters. The lowest BCUT2D eigenvalue weighted by Crippen LogP contribution is -2.33. The predicted molar refractivity (Wildman–Crippen MR) is 139 cm³/mol. The lowest BCUT2D eigenvalue weighted by molar-refractivity contribution is 0.0951. The topological polar surface area (TPSA) is 101 Å². The summed E-state index contributed by atoms with van der Waals surface area (Å²) in [6, 6.07) is 21.1. The summed E-state index contributed by atoms with van der Waals surface area (Å²) in [4.78, 5) is 17.1. The number of phenols is 1. The summed E-state index contributed by atoms with van der Waals surface area (Å²) in [7, 11) is 0. The largest absolute Gasteiger partial charge is 0.507 e. The molecule has 5 rings (SSSR count). The Morgan fingerprint density at radius 1 is 1.03 bits per heavy atom. The Bertz CT molecular complexity index is 1560. The van der Waals surface area contributed by atoms with E-state index in [0.29, 0.717) is 38.7 Å². The number of benzene rings is 3. The molecule has 2 heterocycles. The van der Waals surface area contributed by atoms with Crippen LogP contribution in [-0.2, 0) is 0 Å². The molecule has 9 heteroatoms. The van der Waals surface area contributed by atoms with Crippen LogP contribution in [0.3, 0.4) is 0 Å². The van der Waals surface area contributed by atoms with Gasteiger partial charge in [0.1, 0.15) is 17.0 Å². The fourth-order valence-electron chi connectivity index (χ4n) is 3.59. The number of furan rings is 1. The number of aromatic nitrogens is 1. The standard InChI is InChI=1S/C26H18ClN3O4S/c1-14-11-17(13-18(23(14)31)25-29-19-7-2-3-8-21(19)34-25)28-26(35)30-24(32)22-10-9-20(33-22)15-5-4-6-16(27)12-15/h2-13,31H,1H3,(H2,28,30,32,35). The molecule has 5 aromatic rings. The smallest absolute Gasteiger partial charge is 0.293 e. The molecule has 0 spiro atoms. The van der Waals surface area contributed by atoms with Crippen molar-refractivity contribution in [1.29, 1.82) is 0 Å². The molecule has 0 saturated carbocycles. The summed E-state index contributed by atoms with van der Waals surface area (Å²) in [6.07, 6.45) is 0. The molecule has 0 saturated heterocycles. The zero-order valence-electron chi connectivity index (χ0n) is 18.3. The third-order valence-electron chi connectivity index (χ3n) is 5.25. The van der Waals surface area contributed by atoms with Gasteiger partial charge in [0.2, 0.25) is 5.89 Å². The first kappa shape index (κ1) is 22.6. The Balaban J connectivity index is 1.32. The van der Waals surface area contributed by atoms with E-state index >= 15 is 0 Å². The van der Waals surface area contributed by atoms with E-state index in [1.807, 2.05) is 24.3 Å². The lowest BCUT2D eigenvalue weighted by atomic mass is 10.1. The van der Waals surface area contributed by atoms with Gasteiger partial charge in [-0.15, -0.1) is 0 Å². The molecular formula is C26H18ClN3O4S. The van der Waals surface area contributed by atoms with Gasteiger partial charge in [-0.2, -0.15) is 0 Å². The van der Waals surface area contributed by atoms with E-state index in [4.69, 9.17) is 32.7 Å². The fourth-order valence-corrected chi connectivity index (χ4v) is 3.99. The van der Waals surface area contributed by atoms with Crippen molar-refractivity contribution < 1.29 is 18.7 Å². The highest BCUT2D eigenvalue weighted by Crippen LogP contribution is 2.36. The highest BCUT2D eigenvalue weighted by Gasteiger charge is 2.17. The number of rotatable bonds is 4. The van der Waals surface area contributed by atoms with Crippen molar-refractivity contribution in [2.24, 2.45) is 0 Å². The average Bonchev–Trinajstić information content (AvgIpc) is 3.49. The molecule has 174 valence electrons. The number of carbonyl (C=O) groups excluding carboxylic acids is 1. The van der Waals surface area contributed by atoms with E-state index in [2.05, 4.69) is 15.6 Å². The van der Waals surface area contributed by atoms with E-state index in [1.165, 1.54) is 0 Å². The Labute approximate surface area is 210 Å². The van der Waals surface area contributed by atoms with Gasteiger partial charge in [0, 0.05) is 16.3 Å². The maximum absolute atomic E-state index is 12.6. The number of hydrogen-bond acceptors (Lipinski definition) is 6. The highest BCUT2D eigenvalue weighted by molar-refractivity contribution is 7.80. The van der Waals surface area contributed by atoms with Gasteiger partial charge in [0.15, 0.2) is 16.5 Å². The summed E-state index contributed by atoms with van der Waals surface area (Å²) in [5.41, 5.74) is 3.56. The van der Waals surface area contributed by atoms with Crippen LogP contribution in [0.5, 0.6) is 5.75 Å². The monoisotopic (exact) mass is 503 g/mol. The number of aromatic hydroxyl groups is 1. The SMILES string of the molecule is Cc1cc(NC(=S)NC(=O)c2ccc(-c3cccc(Cl)c3)o2)cc(-c2nc3ccccc3o2)c1O. The van der Waals surface area contributed by atoms with E-state index in [0.717, 1.165) is 5.56 Å². The number of carbonyl (C=O) groups is 1. The minimum absolute atomic E-state index is 0.0428. The third-order valence-corrected chi connectivity index (χ3v) is 5.69. The molecule has 0 aliphatic rings. The summed E-state index contributed by atoms with van der Waals surface area (Å²) in [5.74, 6) is 0.410. The molecule has 0 aliphatic heterocycles. The molecule has 35 heavy (non-hydrogen) atoms. The van der Waals surface area contributed by atoms with Crippen molar-refractivity contribution in [3.8, 4) is 28.5 Å². The minimum atomic E-state index is -0.509. The molecular weight excluding hydrogens is 486 g/mol. The third kappa shape index (κ3) is 4.75. The molecule has 1 amide bonds. The quantitative estimate of drug-likeness (QED) is 0.189. The number of nitrogens with one attached hydrogen (secondary N) is 2. The molecule has 0 aliphatic carbocycles. The normalized spacial score (nSPS) is 10.9. The second kappa shape index (κ2) is 9.25. The number of phenolic OH excluding ortho intramolecular Hbond substituents is 1. The van der Waals surface area contributed by atoms with E-state index in [-0.39, 0.29) is 22.5 Å². The zero-order chi connectivity index (χ0) is 24.5. The zero-order valence-corrected chi connectivity index (χ0v) is 19.9. The van der Waals surface area contributed by atoms with Crippen molar-refractivity contribution in [2.75, 3.05) is 5.32 Å². The predicted octanol–water partition coefficient (Wildman–Crippen LogP) is 6.55. The van der Waals surface area contributed by atoms with Crippen molar-refractivity contribution in [2.45, 2.75) is 6.92 Å². The molecule has 0 unspecified atom stereocenters. The number of thiocarbonyl (C=S) groups is 1. The number of hydrogen-bond donors (Lipinski definition) is 3. The Kier molecular flexibility index (Phi) is 5.98. The van der Waals surface area contributed by atoms with Crippen molar-refractivity contribution in [3.63, 3.8) is 0 Å². The molecule has 2 aromatic heterocycles. The molecule has 0 bridgehead atoms. The van der Waals surface area contributed by atoms with E-state index in [9.17, 15) is 9.90 Å². The first-order valence-corrected chi connectivity index (χ1v) is 11.3. The van der Waals surface area contributed by atoms with E-state index in [1.54, 1.807) is 55.5 Å². The molecule has 0 fully saturated rings. The van der Waals surface area contributed by atoms with Gasteiger partial charge in [-0.25, -0.2) is 4.98 Å². The van der Waals surface area contributed by atoms with E-state index < -0.39 is 5.91 Å². The van der Waals surface area contributed by atoms with Crippen LogP contribution >= 0.6 is 23.8 Å². The van der Waals surface area contributed by atoms with Crippen molar-refractivity contribution in [3.05, 3.63) is 89.1 Å². The molecule has 3 aromatic carbocycles. The second-order valence-corrected chi connectivity index (χ2v) is 8.60. The van der Waals surface area contributed by atoms with Crippen molar-refractivity contribution in [1.82, 2.24) is 10.3 Å². The van der Waals surface area contributed by atoms with Crippen LogP contribution in [0.1, 0.15) is 16.1 Å². The first-order chi connectivity index (χ1) is 16.9. The number of oxazole rings is 1. The van der Waals surface area contributed by atoms with Crippen LogP contribution in [0, 0.1) is 6.92 Å². The Hall–Kier alpha value is -4.14. The highest BCUT2D eigenvalue weighted by atomic mass is 35.5. The molecule has 7 nitrogen and oxygen atoms in total. The van der Waals surface area contributed by atoms with Crippen molar-refractivity contribution >= 4 is 51.6 Å². The number of para-hydroxylation sites is 2. The number of amides is 1. The minimum Gasteiger partial charge on any atom is -0.507 e. The lowest BCUT2D eigenvalue weighted by Gasteiger charge is -2.12. The fraction of sp³-hybridized carbons (Fsp3) is 0.0385. The van der Waals surface area contributed by atoms with Gasteiger partial charge in [0.05, 0.1) is 5.56 Å². The number of aryl methyl sites for hydroxylation is 1. The maximum Gasteiger partial charge on any atom is 0.293 e. The van der Waals surface area contributed by atoms with Gasteiger partial charge in [-0.05, 0) is 73.2 Å². The second-order valence-electron chi connectivity index (χ2n) is 7.76. The van der Waals surface area contributed by atoms with Crippen LogP contribution < -0.4 is 10.6 Å². The first-order valence-electron chi connectivity index (χ1n) is 10.5. The van der Waals surface area contributed by atoms with Crippen LogP contribution in [0.2, 0.25) is 5.02 Å². The van der Waals surface area contributed by atoms with Gasteiger partial charge in [-0.1, -0.05) is 35.9 Å². The summed E-state index contributed by atoms with van der Waals surface area (Å²) in [6.45, 7) is 1.74. The number of halogens is 1. The Morgan fingerprint density at radius 3 is 2.66 bits per heavy atom. The van der Waals surface area contributed by atoms with Crippen LogP contribution in [0.25, 0.3) is 33.9 Å².